The Hall–Kier alpha value is -0.560. The molecule has 1 aromatic rings. The molecule has 98 valence electrons. The predicted molar refractivity (Wildman–Crippen MR) is 73.5 cm³/mol. The zero-order valence-corrected chi connectivity index (χ0v) is 12.0. The summed E-state index contributed by atoms with van der Waals surface area (Å²) in [4.78, 5) is 14.4. The van der Waals surface area contributed by atoms with E-state index in [1.807, 2.05) is 24.3 Å². The Morgan fingerprint density at radius 3 is 2.39 bits per heavy atom. The number of thioether (sulfide) groups is 1. The van der Waals surface area contributed by atoms with E-state index < -0.39 is 12.2 Å². The number of carbonyl (C=O) groups excluding carboxylic acids is 1. The Labute approximate surface area is 118 Å². The van der Waals surface area contributed by atoms with Crippen molar-refractivity contribution in [2.75, 3.05) is 18.8 Å². The van der Waals surface area contributed by atoms with E-state index in [1.165, 1.54) is 16.7 Å². The first kappa shape index (κ1) is 13.9. The van der Waals surface area contributed by atoms with Crippen molar-refractivity contribution in [1.82, 2.24) is 4.90 Å². The molecule has 1 fully saturated rings. The first-order valence-electron chi connectivity index (χ1n) is 5.58. The topological polar surface area (TPSA) is 60.8 Å². The van der Waals surface area contributed by atoms with Gasteiger partial charge in [0.1, 0.15) is 0 Å². The fourth-order valence-corrected chi connectivity index (χ4v) is 2.81. The number of aliphatic hydroxyl groups excluding tert-OH is 2. The zero-order valence-electron chi connectivity index (χ0n) is 9.62. The summed E-state index contributed by atoms with van der Waals surface area (Å²) in [5, 5.41) is 18.8. The van der Waals surface area contributed by atoms with Crippen molar-refractivity contribution in [3.05, 3.63) is 28.7 Å². The fourth-order valence-electron chi connectivity index (χ4n) is 1.74. The summed E-state index contributed by atoms with van der Waals surface area (Å²) in [5.74, 6) is 0.264. The van der Waals surface area contributed by atoms with E-state index in [9.17, 15) is 15.0 Å². The van der Waals surface area contributed by atoms with Crippen molar-refractivity contribution < 1.29 is 15.0 Å². The van der Waals surface area contributed by atoms with Gasteiger partial charge in [0.25, 0.3) is 0 Å². The molecule has 1 heterocycles. The normalized spacial score (nSPS) is 23.4. The molecule has 6 heteroatoms. The zero-order chi connectivity index (χ0) is 13.1. The molecular formula is C12H14BrNO3S. The number of aliphatic hydroxyl groups is 2. The van der Waals surface area contributed by atoms with Gasteiger partial charge in [-0.1, -0.05) is 15.9 Å². The van der Waals surface area contributed by atoms with Crippen molar-refractivity contribution >= 4 is 33.6 Å². The summed E-state index contributed by atoms with van der Waals surface area (Å²) in [6, 6.07) is 7.73. The van der Waals surface area contributed by atoms with Gasteiger partial charge in [0.15, 0.2) is 0 Å². The monoisotopic (exact) mass is 331 g/mol. The van der Waals surface area contributed by atoms with Crippen LogP contribution < -0.4 is 0 Å². The highest BCUT2D eigenvalue weighted by Gasteiger charge is 2.32. The molecule has 0 unspecified atom stereocenters. The molecule has 1 aliphatic rings. The van der Waals surface area contributed by atoms with Gasteiger partial charge in [-0.25, -0.2) is 0 Å². The van der Waals surface area contributed by atoms with Crippen LogP contribution in [0.1, 0.15) is 0 Å². The van der Waals surface area contributed by atoms with Crippen LogP contribution in [0.15, 0.2) is 33.6 Å². The molecule has 0 radical (unpaired) electrons. The van der Waals surface area contributed by atoms with Gasteiger partial charge in [0.2, 0.25) is 5.91 Å². The number of amides is 1. The molecule has 0 aromatic heterocycles. The maximum absolute atomic E-state index is 11.9. The van der Waals surface area contributed by atoms with Gasteiger partial charge >= 0.3 is 0 Å². The molecule has 1 amide bonds. The summed E-state index contributed by atoms with van der Waals surface area (Å²) in [6.45, 7) is 0.446. The Balaban J connectivity index is 1.83. The lowest BCUT2D eigenvalue weighted by Gasteiger charge is -2.14. The number of rotatable bonds is 3. The van der Waals surface area contributed by atoms with Crippen LogP contribution in [0.4, 0.5) is 0 Å². The van der Waals surface area contributed by atoms with E-state index >= 15 is 0 Å². The first-order chi connectivity index (χ1) is 8.56. The number of hydrogen-bond acceptors (Lipinski definition) is 4. The Morgan fingerprint density at radius 1 is 1.28 bits per heavy atom. The largest absolute Gasteiger partial charge is 0.388 e. The van der Waals surface area contributed by atoms with Gasteiger partial charge in [0, 0.05) is 22.5 Å². The Morgan fingerprint density at radius 2 is 1.83 bits per heavy atom. The number of β-amino-alcohol motifs (C(OH)–C–C–N with tert-alkyl or cyclic N) is 2. The third-order valence-electron chi connectivity index (χ3n) is 2.79. The molecule has 2 N–H and O–H groups in total. The smallest absolute Gasteiger partial charge is 0.233 e. The average molecular weight is 332 g/mol. The minimum absolute atomic E-state index is 0.0569. The minimum Gasteiger partial charge on any atom is -0.388 e. The van der Waals surface area contributed by atoms with Crippen molar-refractivity contribution in [2.45, 2.75) is 17.1 Å². The summed E-state index contributed by atoms with van der Waals surface area (Å²) >= 11 is 4.80. The van der Waals surface area contributed by atoms with E-state index in [1.54, 1.807) is 0 Å². The maximum atomic E-state index is 11.9. The van der Waals surface area contributed by atoms with Crippen molar-refractivity contribution in [3.8, 4) is 0 Å². The van der Waals surface area contributed by atoms with Crippen molar-refractivity contribution in [2.24, 2.45) is 0 Å². The van der Waals surface area contributed by atoms with Crippen LogP contribution in [0.2, 0.25) is 0 Å². The van der Waals surface area contributed by atoms with E-state index in [4.69, 9.17) is 0 Å². The lowest BCUT2D eigenvalue weighted by Crippen LogP contribution is -2.31. The lowest BCUT2D eigenvalue weighted by molar-refractivity contribution is -0.127. The van der Waals surface area contributed by atoms with Crippen LogP contribution in [0.5, 0.6) is 0 Å². The Kier molecular flexibility index (Phi) is 4.66. The maximum Gasteiger partial charge on any atom is 0.233 e. The highest BCUT2D eigenvalue weighted by atomic mass is 79.9. The molecular weight excluding hydrogens is 318 g/mol. The van der Waals surface area contributed by atoms with Gasteiger partial charge in [0.05, 0.1) is 18.0 Å². The Bertz CT molecular complexity index is 416. The van der Waals surface area contributed by atoms with E-state index in [0.29, 0.717) is 5.75 Å². The highest BCUT2D eigenvalue weighted by Crippen LogP contribution is 2.21. The van der Waals surface area contributed by atoms with E-state index in [-0.39, 0.29) is 19.0 Å². The van der Waals surface area contributed by atoms with E-state index in [2.05, 4.69) is 15.9 Å². The molecule has 4 nitrogen and oxygen atoms in total. The van der Waals surface area contributed by atoms with Crippen molar-refractivity contribution in [3.63, 3.8) is 0 Å². The second-order valence-electron chi connectivity index (χ2n) is 4.18. The molecule has 2 rings (SSSR count). The van der Waals surface area contributed by atoms with Crippen LogP contribution in [-0.4, -0.2) is 52.1 Å². The van der Waals surface area contributed by atoms with Crippen LogP contribution in [0.3, 0.4) is 0 Å². The molecule has 1 saturated heterocycles. The minimum atomic E-state index is -0.813. The summed E-state index contributed by atoms with van der Waals surface area (Å²) in [7, 11) is 0. The number of nitrogens with zero attached hydrogens (tertiary/aromatic N) is 1. The van der Waals surface area contributed by atoms with Gasteiger partial charge < -0.3 is 15.1 Å². The fraction of sp³-hybridized carbons (Fsp3) is 0.417. The number of carbonyl (C=O) groups is 1. The quantitative estimate of drug-likeness (QED) is 0.814. The van der Waals surface area contributed by atoms with Gasteiger partial charge in [-0.15, -0.1) is 11.8 Å². The SMILES string of the molecule is O=C(CSc1ccc(Br)cc1)N1C[C@@H](O)[C@@H](O)C1. The van der Waals surface area contributed by atoms with Gasteiger partial charge in [-0.05, 0) is 24.3 Å². The standard InChI is InChI=1S/C12H14BrNO3S/c13-8-1-3-9(4-2-8)18-7-12(17)14-5-10(15)11(16)6-14/h1-4,10-11,15-16H,5-7H2/t10-,11+. The molecule has 0 spiro atoms. The summed E-state index contributed by atoms with van der Waals surface area (Å²) in [6.07, 6.45) is -1.63. The second kappa shape index (κ2) is 6.06. The second-order valence-corrected chi connectivity index (χ2v) is 6.14. The number of benzene rings is 1. The van der Waals surface area contributed by atoms with Crippen molar-refractivity contribution in [1.29, 1.82) is 0 Å². The third kappa shape index (κ3) is 3.47. The molecule has 0 saturated carbocycles. The molecule has 1 aliphatic heterocycles. The van der Waals surface area contributed by atoms with Crippen LogP contribution in [0.25, 0.3) is 0 Å². The first-order valence-corrected chi connectivity index (χ1v) is 7.36. The number of hydrogen-bond donors (Lipinski definition) is 2. The van der Waals surface area contributed by atoms with Crippen LogP contribution >= 0.6 is 27.7 Å². The predicted octanol–water partition coefficient (Wildman–Crippen LogP) is 1.11. The number of halogens is 1. The highest BCUT2D eigenvalue weighted by molar-refractivity contribution is 9.10. The van der Waals surface area contributed by atoms with Gasteiger partial charge in [-0.2, -0.15) is 0 Å². The molecule has 0 bridgehead atoms. The molecule has 0 aliphatic carbocycles. The number of likely N-dealkylation sites (tertiary alicyclic amines) is 1. The lowest BCUT2D eigenvalue weighted by atomic mass is 10.3. The third-order valence-corrected chi connectivity index (χ3v) is 4.31. The average Bonchev–Trinajstić information content (AvgIpc) is 2.69. The molecule has 1 aromatic carbocycles. The van der Waals surface area contributed by atoms with Crippen LogP contribution in [0, 0.1) is 0 Å². The summed E-state index contributed by atoms with van der Waals surface area (Å²) in [5.41, 5.74) is 0. The van der Waals surface area contributed by atoms with Crippen LogP contribution in [-0.2, 0) is 4.79 Å². The summed E-state index contributed by atoms with van der Waals surface area (Å²) < 4.78 is 1.00. The van der Waals surface area contributed by atoms with Gasteiger partial charge in [-0.3, -0.25) is 4.79 Å². The molecule has 18 heavy (non-hydrogen) atoms. The van der Waals surface area contributed by atoms with E-state index in [0.717, 1.165) is 9.37 Å². The molecule has 2 atom stereocenters.